The Morgan fingerprint density at radius 3 is 2.78 bits per heavy atom. The van der Waals surface area contributed by atoms with Gasteiger partial charge in [-0.1, -0.05) is 6.07 Å². The van der Waals surface area contributed by atoms with Crippen LogP contribution in [0.4, 0.5) is 5.82 Å². The van der Waals surface area contributed by atoms with Gasteiger partial charge in [0, 0.05) is 45.5 Å². The third-order valence-corrected chi connectivity index (χ3v) is 3.39. The van der Waals surface area contributed by atoms with Gasteiger partial charge < -0.3 is 10.6 Å². The third-order valence-electron chi connectivity index (χ3n) is 3.39. The zero-order chi connectivity index (χ0) is 12.3. The maximum atomic E-state index is 5.90. The first-order valence-electron chi connectivity index (χ1n) is 6.33. The van der Waals surface area contributed by atoms with Crippen molar-refractivity contribution >= 4 is 18.2 Å². The summed E-state index contributed by atoms with van der Waals surface area (Å²) < 4.78 is 0. The van der Waals surface area contributed by atoms with Crippen LogP contribution in [0.5, 0.6) is 0 Å². The number of halogens is 1. The van der Waals surface area contributed by atoms with E-state index in [1.165, 1.54) is 5.56 Å². The SMILES string of the molecule is CCN(C)c1ccc(CN2CC[C@@H](N)C2)cn1.Cl. The van der Waals surface area contributed by atoms with Crippen molar-refractivity contribution in [3.8, 4) is 0 Å². The minimum atomic E-state index is 0. The van der Waals surface area contributed by atoms with Crippen LogP contribution in [-0.4, -0.2) is 42.6 Å². The number of rotatable bonds is 4. The van der Waals surface area contributed by atoms with Crippen molar-refractivity contribution in [1.29, 1.82) is 0 Å². The zero-order valence-corrected chi connectivity index (χ0v) is 12.0. The van der Waals surface area contributed by atoms with Crippen LogP contribution < -0.4 is 10.6 Å². The lowest BCUT2D eigenvalue weighted by atomic mass is 10.2. The van der Waals surface area contributed by atoms with Gasteiger partial charge in [0.15, 0.2) is 0 Å². The van der Waals surface area contributed by atoms with Crippen molar-refractivity contribution in [2.45, 2.75) is 25.9 Å². The Kier molecular flexibility index (Phi) is 5.85. The van der Waals surface area contributed by atoms with E-state index in [1.807, 2.05) is 6.20 Å². The molecule has 0 aromatic carbocycles. The van der Waals surface area contributed by atoms with Gasteiger partial charge in [0.05, 0.1) is 0 Å². The van der Waals surface area contributed by atoms with Gasteiger partial charge in [-0.05, 0) is 25.0 Å². The molecule has 1 aromatic rings. The van der Waals surface area contributed by atoms with E-state index in [-0.39, 0.29) is 12.4 Å². The average molecular weight is 271 g/mol. The first kappa shape index (κ1) is 15.2. The molecule has 1 aromatic heterocycles. The number of anilines is 1. The van der Waals surface area contributed by atoms with Crippen LogP contribution in [0.1, 0.15) is 18.9 Å². The first-order valence-corrected chi connectivity index (χ1v) is 6.33. The van der Waals surface area contributed by atoms with Crippen molar-refractivity contribution in [1.82, 2.24) is 9.88 Å². The average Bonchev–Trinajstić information content (AvgIpc) is 2.75. The Balaban J connectivity index is 0.00000162. The molecule has 2 N–H and O–H groups in total. The van der Waals surface area contributed by atoms with Crippen molar-refractivity contribution in [2.24, 2.45) is 5.73 Å². The smallest absolute Gasteiger partial charge is 0.128 e. The molecule has 5 heteroatoms. The second kappa shape index (κ2) is 6.92. The number of hydrogen-bond donors (Lipinski definition) is 1. The molecule has 1 aliphatic heterocycles. The largest absolute Gasteiger partial charge is 0.360 e. The van der Waals surface area contributed by atoms with Crippen molar-refractivity contribution < 1.29 is 0 Å². The highest BCUT2D eigenvalue weighted by Gasteiger charge is 2.18. The van der Waals surface area contributed by atoms with Gasteiger partial charge in [-0.25, -0.2) is 4.98 Å². The molecule has 0 saturated carbocycles. The molecular weight excluding hydrogens is 248 g/mol. The van der Waals surface area contributed by atoms with E-state index in [4.69, 9.17) is 5.73 Å². The summed E-state index contributed by atoms with van der Waals surface area (Å²) in [5.41, 5.74) is 7.17. The Labute approximate surface area is 116 Å². The van der Waals surface area contributed by atoms with Gasteiger partial charge in [0.1, 0.15) is 5.82 Å². The molecule has 2 rings (SSSR count). The quantitative estimate of drug-likeness (QED) is 0.901. The maximum Gasteiger partial charge on any atom is 0.128 e. The van der Waals surface area contributed by atoms with Crippen LogP contribution in [-0.2, 0) is 6.54 Å². The van der Waals surface area contributed by atoms with Crippen LogP contribution in [0.25, 0.3) is 0 Å². The van der Waals surface area contributed by atoms with Crippen molar-refractivity contribution in [3.05, 3.63) is 23.9 Å². The molecule has 1 atom stereocenters. The molecular formula is C13H23ClN4. The van der Waals surface area contributed by atoms with Gasteiger partial charge in [0.2, 0.25) is 0 Å². The fourth-order valence-electron chi connectivity index (χ4n) is 2.16. The predicted octanol–water partition coefficient (Wildman–Crippen LogP) is 1.49. The molecule has 0 amide bonds. The fourth-order valence-corrected chi connectivity index (χ4v) is 2.16. The first-order chi connectivity index (χ1) is 8.19. The van der Waals surface area contributed by atoms with Gasteiger partial charge in [-0.15, -0.1) is 12.4 Å². The highest BCUT2D eigenvalue weighted by atomic mass is 35.5. The topological polar surface area (TPSA) is 45.4 Å². The number of nitrogens with zero attached hydrogens (tertiary/aromatic N) is 3. The highest BCUT2D eigenvalue weighted by Crippen LogP contribution is 2.14. The zero-order valence-electron chi connectivity index (χ0n) is 11.2. The lowest BCUT2D eigenvalue weighted by Crippen LogP contribution is -2.26. The van der Waals surface area contributed by atoms with Crippen molar-refractivity contribution in [3.63, 3.8) is 0 Å². The molecule has 0 spiro atoms. The van der Waals surface area contributed by atoms with Crippen LogP contribution in [0.15, 0.2) is 18.3 Å². The molecule has 0 bridgehead atoms. The maximum absolute atomic E-state index is 5.90. The van der Waals surface area contributed by atoms with E-state index in [0.717, 1.165) is 38.4 Å². The minimum Gasteiger partial charge on any atom is -0.360 e. The van der Waals surface area contributed by atoms with Crippen molar-refractivity contribution in [2.75, 3.05) is 31.6 Å². The van der Waals surface area contributed by atoms with E-state index < -0.39 is 0 Å². The fraction of sp³-hybridized carbons (Fsp3) is 0.615. The molecule has 102 valence electrons. The molecule has 0 radical (unpaired) electrons. The number of nitrogens with two attached hydrogens (primary N) is 1. The van der Waals surface area contributed by atoms with Gasteiger partial charge >= 0.3 is 0 Å². The van der Waals surface area contributed by atoms with E-state index >= 15 is 0 Å². The number of aromatic nitrogens is 1. The summed E-state index contributed by atoms with van der Waals surface area (Å²) in [7, 11) is 2.06. The summed E-state index contributed by atoms with van der Waals surface area (Å²) in [6.45, 7) is 6.19. The van der Waals surface area contributed by atoms with Gasteiger partial charge in [-0.2, -0.15) is 0 Å². The second-order valence-electron chi connectivity index (χ2n) is 4.82. The standard InChI is InChI=1S/C13H22N4.ClH/c1-3-16(2)13-5-4-11(8-15-13)9-17-7-6-12(14)10-17;/h4-5,8,12H,3,6-7,9-10,14H2,1-2H3;1H/t12-;/m1./s1. The van der Waals surface area contributed by atoms with Crippen LogP contribution in [0, 0.1) is 0 Å². The predicted molar refractivity (Wildman–Crippen MR) is 78.3 cm³/mol. The summed E-state index contributed by atoms with van der Waals surface area (Å²) in [6.07, 6.45) is 3.09. The molecule has 1 aliphatic rings. The Morgan fingerprint density at radius 2 is 2.28 bits per heavy atom. The number of pyridine rings is 1. The normalized spacial score (nSPS) is 19.6. The summed E-state index contributed by atoms with van der Waals surface area (Å²) in [5, 5.41) is 0. The number of likely N-dealkylation sites (tertiary alicyclic amines) is 1. The Morgan fingerprint density at radius 1 is 1.50 bits per heavy atom. The van der Waals surface area contributed by atoms with Crippen LogP contribution in [0.2, 0.25) is 0 Å². The van der Waals surface area contributed by atoms with Crippen LogP contribution in [0.3, 0.4) is 0 Å². The van der Waals surface area contributed by atoms with E-state index in [2.05, 4.69) is 40.9 Å². The second-order valence-corrected chi connectivity index (χ2v) is 4.82. The summed E-state index contributed by atoms with van der Waals surface area (Å²) >= 11 is 0. The van der Waals surface area contributed by atoms with Gasteiger partial charge in [0.25, 0.3) is 0 Å². The Hall–Kier alpha value is -0.840. The molecule has 1 fully saturated rings. The van der Waals surface area contributed by atoms with E-state index in [0.29, 0.717) is 6.04 Å². The minimum absolute atomic E-state index is 0. The molecule has 18 heavy (non-hydrogen) atoms. The molecule has 0 unspecified atom stereocenters. The Bertz CT molecular complexity index is 355. The van der Waals surface area contributed by atoms with E-state index in [9.17, 15) is 0 Å². The monoisotopic (exact) mass is 270 g/mol. The summed E-state index contributed by atoms with van der Waals surface area (Å²) in [5.74, 6) is 1.04. The van der Waals surface area contributed by atoms with E-state index in [1.54, 1.807) is 0 Å². The number of hydrogen-bond acceptors (Lipinski definition) is 4. The molecule has 0 aliphatic carbocycles. The summed E-state index contributed by atoms with van der Waals surface area (Å²) in [4.78, 5) is 9.01. The highest BCUT2D eigenvalue weighted by molar-refractivity contribution is 5.85. The van der Waals surface area contributed by atoms with Crippen LogP contribution >= 0.6 is 12.4 Å². The molecule has 2 heterocycles. The third kappa shape index (κ3) is 3.83. The molecule has 1 saturated heterocycles. The lowest BCUT2D eigenvalue weighted by Gasteiger charge is -2.17. The lowest BCUT2D eigenvalue weighted by molar-refractivity contribution is 0.326. The van der Waals surface area contributed by atoms with Gasteiger partial charge in [-0.3, -0.25) is 4.90 Å². The molecule has 4 nitrogen and oxygen atoms in total. The summed E-state index contributed by atoms with van der Waals surface area (Å²) in [6, 6.07) is 4.61.